The van der Waals surface area contributed by atoms with Crippen molar-refractivity contribution in [2.75, 3.05) is 0 Å². The lowest BCUT2D eigenvalue weighted by molar-refractivity contribution is 0.591. The molecule has 0 spiro atoms. The number of nitrogens with one attached hydrogen (secondary N) is 1. The summed E-state index contributed by atoms with van der Waals surface area (Å²) in [6.07, 6.45) is 0. The summed E-state index contributed by atoms with van der Waals surface area (Å²) in [5.74, 6) is 0. The monoisotopic (exact) mass is 226 g/mol. The lowest BCUT2D eigenvalue weighted by Gasteiger charge is -2.20. The zero-order valence-electron chi connectivity index (χ0n) is 10.2. The Morgan fingerprint density at radius 2 is 1.94 bits per heavy atom. The van der Waals surface area contributed by atoms with Gasteiger partial charge in [0.1, 0.15) is 6.07 Å². The van der Waals surface area contributed by atoms with Gasteiger partial charge in [-0.25, -0.2) is 0 Å². The van der Waals surface area contributed by atoms with Crippen molar-refractivity contribution in [1.82, 2.24) is 4.98 Å². The van der Waals surface area contributed by atoms with Crippen LogP contribution in [-0.4, -0.2) is 4.98 Å². The fourth-order valence-corrected chi connectivity index (χ4v) is 1.79. The predicted octanol–water partition coefficient (Wildman–Crippen LogP) is 2.70. The molecule has 0 aliphatic rings. The molecule has 0 saturated heterocycles. The van der Waals surface area contributed by atoms with Crippen LogP contribution in [0, 0.1) is 11.3 Å². The Hall–Kier alpha value is -2.08. The fourth-order valence-electron chi connectivity index (χ4n) is 1.79. The first kappa shape index (κ1) is 11.4. The van der Waals surface area contributed by atoms with Gasteiger partial charge in [-0.15, -0.1) is 0 Å². The summed E-state index contributed by atoms with van der Waals surface area (Å²) in [5, 5.41) is 10.0. The lowest BCUT2D eigenvalue weighted by atomic mass is 9.85. The summed E-state index contributed by atoms with van der Waals surface area (Å²) >= 11 is 0. The van der Waals surface area contributed by atoms with Crippen LogP contribution in [0.15, 0.2) is 29.1 Å². The van der Waals surface area contributed by atoms with Crippen molar-refractivity contribution in [2.24, 2.45) is 0 Å². The molecule has 86 valence electrons. The Kier molecular flexibility index (Phi) is 2.51. The second-order valence-electron chi connectivity index (χ2n) is 5.17. The van der Waals surface area contributed by atoms with E-state index in [0.717, 1.165) is 10.9 Å². The molecule has 1 aromatic carbocycles. The summed E-state index contributed by atoms with van der Waals surface area (Å²) in [5.41, 5.74) is 2.03. The van der Waals surface area contributed by atoms with E-state index >= 15 is 0 Å². The number of nitrogens with zero attached hydrogens (tertiary/aromatic N) is 1. The maximum atomic E-state index is 11.3. The maximum absolute atomic E-state index is 11.3. The van der Waals surface area contributed by atoms with E-state index in [1.165, 1.54) is 6.07 Å². The Morgan fingerprint density at radius 3 is 2.53 bits per heavy atom. The van der Waals surface area contributed by atoms with Crippen molar-refractivity contribution >= 4 is 10.9 Å². The molecule has 3 nitrogen and oxygen atoms in total. The summed E-state index contributed by atoms with van der Waals surface area (Å²) in [6.45, 7) is 6.29. The van der Waals surface area contributed by atoms with Crippen LogP contribution >= 0.6 is 0 Å². The quantitative estimate of drug-likeness (QED) is 0.750. The molecule has 0 fully saturated rings. The third-order valence-corrected chi connectivity index (χ3v) is 2.82. The molecule has 0 aliphatic carbocycles. The van der Waals surface area contributed by atoms with E-state index < -0.39 is 0 Å². The third-order valence-electron chi connectivity index (χ3n) is 2.82. The van der Waals surface area contributed by atoms with Crippen LogP contribution in [-0.2, 0) is 5.41 Å². The van der Waals surface area contributed by atoms with E-state index in [1.54, 1.807) is 6.07 Å². The van der Waals surface area contributed by atoms with E-state index in [9.17, 15) is 4.79 Å². The average Bonchev–Trinajstić information content (AvgIpc) is 2.26. The molecule has 3 heteroatoms. The zero-order valence-corrected chi connectivity index (χ0v) is 10.2. The molecule has 0 aliphatic heterocycles. The van der Waals surface area contributed by atoms with Crippen molar-refractivity contribution in [1.29, 1.82) is 5.26 Å². The number of rotatable bonds is 0. The molecular weight excluding hydrogens is 212 g/mol. The number of aromatic nitrogens is 1. The molecule has 2 aromatic rings. The summed E-state index contributed by atoms with van der Waals surface area (Å²) in [7, 11) is 0. The number of hydrogen-bond donors (Lipinski definition) is 1. The molecular formula is C14H14N2O. The van der Waals surface area contributed by atoms with Crippen LogP contribution in [0.5, 0.6) is 0 Å². The summed E-state index contributed by atoms with van der Waals surface area (Å²) in [6, 6.07) is 9.24. The summed E-state index contributed by atoms with van der Waals surface area (Å²) in [4.78, 5) is 14.0. The number of hydrogen-bond acceptors (Lipinski definition) is 2. The molecule has 0 unspecified atom stereocenters. The van der Waals surface area contributed by atoms with E-state index in [0.29, 0.717) is 11.1 Å². The van der Waals surface area contributed by atoms with E-state index in [-0.39, 0.29) is 11.0 Å². The third kappa shape index (κ3) is 2.07. The number of nitriles is 1. The number of fused-ring (bicyclic) bond motifs is 1. The molecule has 1 N–H and O–H groups in total. The minimum atomic E-state index is -0.183. The number of pyridine rings is 1. The van der Waals surface area contributed by atoms with Gasteiger partial charge in [0.05, 0.1) is 11.1 Å². The normalized spacial score (nSPS) is 11.4. The molecule has 1 heterocycles. The van der Waals surface area contributed by atoms with Gasteiger partial charge in [-0.2, -0.15) is 5.26 Å². The van der Waals surface area contributed by atoms with Gasteiger partial charge in [-0.05, 0) is 34.6 Å². The zero-order chi connectivity index (χ0) is 12.6. The van der Waals surface area contributed by atoms with Crippen LogP contribution in [0.2, 0.25) is 0 Å². The first-order valence-corrected chi connectivity index (χ1v) is 5.49. The standard InChI is InChI=1S/C14H14N2O/c1-14(2,3)11-6-9-4-5-12(17)16-13(9)10(7-11)8-15/h4-7H,1-3H3,(H,16,17). The average molecular weight is 226 g/mol. The Morgan fingerprint density at radius 1 is 1.24 bits per heavy atom. The topological polar surface area (TPSA) is 56.6 Å². The smallest absolute Gasteiger partial charge is 0.248 e. The fraction of sp³-hybridized carbons (Fsp3) is 0.286. The number of H-pyrrole nitrogens is 1. The highest BCUT2D eigenvalue weighted by Crippen LogP contribution is 2.27. The number of benzene rings is 1. The molecule has 2 rings (SSSR count). The Balaban J connectivity index is 2.86. The minimum Gasteiger partial charge on any atom is -0.321 e. The SMILES string of the molecule is CC(C)(C)c1cc(C#N)c2[nH]c(=O)ccc2c1. The molecule has 0 atom stereocenters. The molecule has 0 radical (unpaired) electrons. The Bertz CT molecular complexity index is 669. The number of aromatic amines is 1. The van der Waals surface area contributed by atoms with E-state index in [4.69, 9.17) is 5.26 Å². The Labute approximate surface area is 99.7 Å². The highest BCUT2D eigenvalue weighted by Gasteiger charge is 2.16. The molecule has 17 heavy (non-hydrogen) atoms. The molecule has 0 bridgehead atoms. The lowest BCUT2D eigenvalue weighted by Crippen LogP contribution is -2.12. The van der Waals surface area contributed by atoms with Gasteiger partial charge in [0.2, 0.25) is 5.56 Å². The summed E-state index contributed by atoms with van der Waals surface area (Å²) < 4.78 is 0. The first-order chi connectivity index (χ1) is 7.91. The second-order valence-corrected chi connectivity index (χ2v) is 5.17. The van der Waals surface area contributed by atoms with E-state index in [1.807, 2.05) is 12.1 Å². The van der Waals surface area contributed by atoms with Crippen molar-refractivity contribution in [3.63, 3.8) is 0 Å². The van der Waals surface area contributed by atoms with Crippen molar-refractivity contribution < 1.29 is 0 Å². The highest BCUT2D eigenvalue weighted by molar-refractivity contribution is 5.85. The van der Waals surface area contributed by atoms with Gasteiger partial charge in [0.15, 0.2) is 0 Å². The molecule has 0 saturated carbocycles. The van der Waals surface area contributed by atoms with Crippen molar-refractivity contribution in [2.45, 2.75) is 26.2 Å². The van der Waals surface area contributed by atoms with E-state index in [2.05, 4.69) is 31.8 Å². The van der Waals surface area contributed by atoms with Gasteiger partial charge >= 0.3 is 0 Å². The van der Waals surface area contributed by atoms with Gasteiger partial charge in [-0.3, -0.25) is 4.79 Å². The largest absolute Gasteiger partial charge is 0.321 e. The minimum absolute atomic E-state index is 0.0179. The second kappa shape index (κ2) is 3.74. The van der Waals surface area contributed by atoms with Crippen LogP contribution in [0.3, 0.4) is 0 Å². The predicted molar refractivity (Wildman–Crippen MR) is 68.0 cm³/mol. The molecule has 0 amide bonds. The van der Waals surface area contributed by atoms with Crippen molar-refractivity contribution in [3.8, 4) is 6.07 Å². The van der Waals surface area contributed by atoms with Gasteiger partial charge < -0.3 is 4.98 Å². The van der Waals surface area contributed by atoms with Gasteiger partial charge in [0.25, 0.3) is 0 Å². The van der Waals surface area contributed by atoms with Crippen LogP contribution < -0.4 is 5.56 Å². The van der Waals surface area contributed by atoms with Crippen LogP contribution in [0.1, 0.15) is 31.9 Å². The maximum Gasteiger partial charge on any atom is 0.248 e. The van der Waals surface area contributed by atoms with Gasteiger partial charge in [0, 0.05) is 6.07 Å². The first-order valence-electron chi connectivity index (χ1n) is 5.49. The molecule has 1 aromatic heterocycles. The highest BCUT2D eigenvalue weighted by atomic mass is 16.1. The van der Waals surface area contributed by atoms with Gasteiger partial charge in [-0.1, -0.05) is 20.8 Å². The van der Waals surface area contributed by atoms with Crippen molar-refractivity contribution in [3.05, 3.63) is 45.7 Å². The van der Waals surface area contributed by atoms with Crippen LogP contribution in [0.4, 0.5) is 0 Å². The van der Waals surface area contributed by atoms with Crippen LogP contribution in [0.25, 0.3) is 10.9 Å².